The monoisotopic (exact) mass is 409 g/mol. The predicted molar refractivity (Wildman–Crippen MR) is 115 cm³/mol. The molecule has 7 nitrogen and oxygen atoms in total. The molecule has 3 heterocycles. The Morgan fingerprint density at radius 1 is 1.10 bits per heavy atom. The van der Waals surface area contributed by atoms with Crippen molar-refractivity contribution >= 4 is 11.8 Å². The minimum atomic E-state index is -0.0803. The zero-order valence-electron chi connectivity index (χ0n) is 17.6. The van der Waals surface area contributed by atoms with E-state index in [1.54, 1.807) is 18.5 Å². The third-order valence-electron chi connectivity index (χ3n) is 6.71. The van der Waals surface area contributed by atoms with Crippen LogP contribution >= 0.6 is 0 Å². The van der Waals surface area contributed by atoms with Crippen molar-refractivity contribution in [3.63, 3.8) is 0 Å². The first-order valence-electron chi connectivity index (χ1n) is 11.2. The molecular weight excluding hydrogens is 378 g/mol. The molecule has 2 N–H and O–H groups in total. The summed E-state index contributed by atoms with van der Waals surface area (Å²) < 4.78 is 0. The van der Waals surface area contributed by atoms with Crippen LogP contribution in [0.3, 0.4) is 0 Å². The van der Waals surface area contributed by atoms with E-state index in [1.807, 2.05) is 17.0 Å². The average molecular weight is 410 g/mol. The summed E-state index contributed by atoms with van der Waals surface area (Å²) in [6.07, 6.45) is 10.7. The first-order valence-corrected chi connectivity index (χ1v) is 11.2. The number of hydrogen-bond donors (Lipinski definition) is 2. The Kier molecular flexibility index (Phi) is 6.45. The van der Waals surface area contributed by atoms with Gasteiger partial charge in [0.25, 0.3) is 5.91 Å². The lowest BCUT2D eigenvalue weighted by Gasteiger charge is -2.33. The van der Waals surface area contributed by atoms with Crippen LogP contribution in [0.5, 0.6) is 0 Å². The van der Waals surface area contributed by atoms with E-state index in [9.17, 15) is 9.59 Å². The molecular formula is C23H31N5O2. The summed E-state index contributed by atoms with van der Waals surface area (Å²) in [4.78, 5) is 31.3. The number of aromatic amines is 1. The van der Waals surface area contributed by atoms with E-state index < -0.39 is 0 Å². The number of hydrogen-bond acceptors (Lipinski definition) is 4. The van der Waals surface area contributed by atoms with Crippen molar-refractivity contribution in [1.29, 1.82) is 0 Å². The molecule has 0 spiro atoms. The molecule has 0 radical (unpaired) electrons. The first-order chi connectivity index (χ1) is 14.6. The van der Waals surface area contributed by atoms with Crippen LogP contribution in [0.15, 0.2) is 30.6 Å². The van der Waals surface area contributed by atoms with Crippen LogP contribution in [0.1, 0.15) is 62.4 Å². The lowest BCUT2D eigenvalue weighted by Crippen LogP contribution is -2.46. The highest BCUT2D eigenvalue weighted by Crippen LogP contribution is 2.27. The number of nitrogens with zero attached hydrogens (tertiary/aromatic N) is 3. The summed E-state index contributed by atoms with van der Waals surface area (Å²) in [5, 5.41) is 10.4. The molecule has 0 aromatic carbocycles. The molecule has 30 heavy (non-hydrogen) atoms. The smallest absolute Gasteiger partial charge is 0.274 e. The third kappa shape index (κ3) is 4.71. The lowest BCUT2D eigenvalue weighted by atomic mass is 9.84. The Balaban J connectivity index is 1.27. The Morgan fingerprint density at radius 3 is 2.47 bits per heavy atom. The van der Waals surface area contributed by atoms with Gasteiger partial charge in [0, 0.05) is 43.0 Å². The number of nitrogens with one attached hydrogen (secondary N) is 2. The summed E-state index contributed by atoms with van der Waals surface area (Å²) in [6, 6.07) is 5.86. The number of piperidine rings is 1. The molecule has 1 saturated heterocycles. The molecule has 2 aromatic heterocycles. The summed E-state index contributed by atoms with van der Waals surface area (Å²) in [5.74, 6) is 0.920. The van der Waals surface area contributed by atoms with Crippen LogP contribution in [0.4, 0.5) is 0 Å². The van der Waals surface area contributed by atoms with Crippen LogP contribution in [0.2, 0.25) is 0 Å². The van der Waals surface area contributed by atoms with Crippen molar-refractivity contribution in [1.82, 2.24) is 25.4 Å². The maximum absolute atomic E-state index is 12.8. The first kappa shape index (κ1) is 20.6. The number of aromatic nitrogens is 3. The molecule has 2 fully saturated rings. The SMILES string of the molecule is CC[C@H]1CC[C@@H](NC(=O)C2CCN(C(=O)c3cc(-c4ccncc4)[nH]n3)CC2)CC1. The van der Waals surface area contributed by atoms with Crippen molar-refractivity contribution in [3.8, 4) is 11.3 Å². The Hall–Kier alpha value is -2.70. The molecule has 7 heteroatoms. The fourth-order valence-electron chi connectivity index (χ4n) is 4.65. The van der Waals surface area contributed by atoms with E-state index in [4.69, 9.17) is 0 Å². The zero-order valence-corrected chi connectivity index (χ0v) is 17.6. The summed E-state index contributed by atoms with van der Waals surface area (Å²) in [6.45, 7) is 3.44. The number of likely N-dealkylation sites (tertiary alicyclic amines) is 1. The second-order valence-corrected chi connectivity index (χ2v) is 8.60. The van der Waals surface area contributed by atoms with Gasteiger partial charge in [0.1, 0.15) is 0 Å². The van der Waals surface area contributed by atoms with Crippen LogP contribution < -0.4 is 5.32 Å². The van der Waals surface area contributed by atoms with Crippen LogP contribution in [-0.4, -0.2) is 51.0 Å². The van der Waals surface area contributed by atoms with E-state index in [-0.39, 0.29) is 17.7 Å². The highest BCUT2D eigenvalue weighted by molar-refractivity contribution is 5.93. The van der Waals surface area contributed by atoms with E-state index in [1.165, 1.54) is 19.3 Å². The standard InChI is InChI=1S/C23H31N5O2/c1-2-16-3-5-19(6-4-16)25-22(29)18-9-13-28(14-10-18)23(30)21-15-20(26-27-21)17-7-11-24-12-8-17/h7-8,11-12,15-16,18-19H,2-6,9-10,13-14H2,1H3,(H,25,29)(H,26,27)/t16-,19+. The maximum Gasteiger partial charge on any atom is 0.274 e. The normalized spacial score (nSPS) is 22.6. The number of H-pyrrole nitrogens is 1. The van der Waals surface area contributed by atoms with E-state index >= 15 is 0 Å². The number of carbonyl (C=O) groups is 2. The Labute approximate surface area is 177 Å². The molecule has 0 bridgehead atoms. The van der Waals surface area contributed by atoms with Gasteiger partial charge in [-0.25, -0.2) is 0 Å². The molecule has 2 amide bonds. The van der Waals surface area contributed by atoms with Crippen LogP contribution in [0, 0.1) is 11.8 Å². The summed E-state index contributed by atoms with van der Waals surface area (Å²) in [7, 11) is 0. The van der Waals surface area contributed by atoms with Gasteiger partial charge < -0.3 is 10.2 Å². The van der Waals surface area contributed by atoms with Gasteiger partial charge in [-0.15, -0.1) is 0 Å². The van der Waals surface area contributed by atoms with Gasteiger partial charge in [0.05, 0.1) is 5.69 Å². The van der Waals surface area contributed by atoms with Crippen molar-refractivity contribution in [2.75, 3.05) is 13.1 Å². The van der Waals surface area contributed by atoms with Gasteiger partial charge in [-0.2, -0.15) is 5.10 Å². The lowest BCUT2D eigenvalue weighted by molar-refractivity contribution is -0.127. The number of carbonyl (C=O) groups excluding carboxylic acids is 2. The zero-order chi connectivity index (χ0) is 20.9. The fraction of sp³-hybridized carbons (Fsp3) is 0.565. The van der Waals surface area contributed by atoms with E-state index in [0.717, 1.165) is 30.0 Å². The second-order valence-electron chi connectivity index (χ2n) is 8.60. The van der Waals surface area contributed by atoms with Crippen LogP contribution in [0.25, 0.3) is 11.3 Å². The molecule has 1 saturated carbocycles. The summed E-state index contributed by atoms with van der Waals surface area (Å²) >= 11 is 0. The van der Waals surface area contributed by atoms with Gasteiger partial charge in [-0.05, 0) is 62.6 Å². The summed E-state index contributed by atoms with van der Waals surface area (Å²) in [5.41, 5.74) is 2.16. The topological polar surface area (TPSA) is 91.0 Å². The molecule has 0 atom stereocenters. The van der Waals surface area contributed by atoms with Crippen molar-refractivity contribution < 1.29 is 9.59 Å². The van der Waals surface area contributed by atoms with Gasteiger partial charge in [0.15, 0.2) is 5.69 Å². The third-order valence-corrected chi connectivity index (χ3v) is 6.71. The average Bonchev–Trinajstić information content (AvgIpc) is 3.30. The fourth-order valence-corrected chi connectivity index (χ4v) is 4.65. The minimum absolute atomic E-state index is 0.00418. The molecule has 1 aliphatic carbocycles. The Morgan fingerprint density at radius 2 is 1.80 bits per heavy atom. The quantitative estimate of drug-likeness (QED) is 0.792. The number of pyridine rings is 1. The van der Waals surface area contributed by atoms with E-state index in [0.29, 0.717) is 37.7 Å². The number of rotatable bonds is 5. The van der Waals surface area contributed by atoms with Crippen molar-refractivity contribution in [2.24, 2.45) is 11.8 Å². The maximum atomic E-state index is 12.8. The highest BCUT2D eigenvalue weighted by atomic mass is 16.2. The second kappa shape index (κ2) is 9.41. The van der Waals surface area contributed by atoms with Gasteiger partial charge in [-0.3, -0.25) is 19.7 Å². The van der Waals surface area contributed by atoms with Gasteiger partial charge in [0.2, 0.25) is 5.91 Å². The largest absolute Gasteiger partial charge is 0.353 e. The Bertz CT molecular complexity index is 849. The van der Waals surface area contributed by atoms with Crippen LogP contribution in [-0.2, 0) is 4.79 Å². The predicted octanol–water partition coefficient (Wildman–Crippen LogP) is 3.41. The molecule has 2 aromatic rings. The minimum Gasteiger partial charge on any atom is -0.353 e. The van der Waals surface area contributed by atoms with E-state index in [2.05, 4.69) is 27.4 Å². The van der Waals surface area contributed by atoms with Gasteiger partial charge in [-0.1, -0.05) is 13.3 Å². The molecule has 0 unspecified atom stereocenters. The highest BCUT2D eigenvalue weighted by Gasteiger charge is 2.30. The number of amides is 2. The van der Waals surface area contributed by atoms with Crippen molar-refractivity contribution in [2.45, 2.75) is 57.9 Å². The molecule has 1 aliphatic heterocycles. The molecule has 2 aliphatic rings. The molecule has 4 rings (SSSR count). The molecule has 160 valence electrons. The van der Waals surface area contributed by atoms with Crippen molar-refractivity contribution in [3.05, 3.63) is 36.3 Å². The van der Waals surface area contributed by atoms with Gasteiger partial charge >= 0.3 is 0 Å².